The Labute approximate surface area is 133 Å². The predicted molar refractivity (Wildman–Crippen MR) is 82.2 cm³/mol. The Hall–Kier alpha value is -1.38. The smallest absolute Gasteiger partial charge is 0.147 e. The summed E-state index contributed by atoms with van der Waals surface area (Å²) in [6.07, 6.45) is 0. The van der Waals surface area contributed by atoms with Gasteiger partial charge >= 0.3 is 0 Å². The van der Waals surface area contributed by atoms with Crippen molar-refractivity contribution in [3.05, 3.63) is 63.4 Å². The second kappa shape index (κ2) is 6.87. The molecule has 0 saturated carbocycles. The van der Waals surface area contributed by atoms with Crippen LogP contribution in [0.3, 0.4) is 0 Å². The van der Waals surface area contributed by atoms with E-state index in [1.807, 2.05) is 24.3 Å². The highest BCUT2D eigenvalue weighted by atomic mass is 79.9. The molecule has 2 aromatic carbocycles. The lowest BCUT2D eigenvalue weighted by atomic mass is 10.1. The monoisotopic (exact) mass is 397 g/mol. The summed E-state index contributed by atoms with van der Waals surface area (Å²) in [5.41, 5.74) is 1.50. The van der Waals surface area contributed by atoms with Crippen molar-refractivity contribution in [1.82, 2.24) is 0 Å². The SMILES string of the molecule is N#Cc1cccc(COc2ccc(CBr)cc2Br)c1F. The van der Waals surface area contributed by atoms with Gasteiger partial charge in [-0.15, -0.1) is 0 Å². The molecular weight excluding hydrogens is 389 g/mol. The minimum Gasteiger partial charge on any atom is -0.488 e. The van der Waals surface area contributed by atoms with Crippen LogP contribution in [-0.2, 0) is 11.9 Å². The van der Waals surface area contributed by atoms with Crippen molar-refractivity contribution in [1.29, 1.82) is 5.26 Å². The zero-order chi connectivity index (χ0) is 14.5. The molecule has 2 rings (SSSR count). The molecule has 0 spiro atoms. The summed E-state index contributed by atoms with van der Waals surface area (Å²) < 4.78 is 20.3. The molecule has 0 saturated heterocycles. The highest BCUT2D eigenvalue weighted by Crippen LogP contribution is 2.28. The van der Waals surface area contributed by atoms with Gasteiger partial charge in [0.15, 0.2) is 0 Å². The van der Waals surface area contributed by atoms with Crippen LogP contribution in [0.2, 0.25) is 0 Å². The molecule has 5 heteroatoms. The van der Waals surface area contributed by atoms with Gasteiger partial charge in [-0.2, -0.15) is 5.26 Å². The standard InChI is InChI=1S/C15H10Br2FNO/c16-7-10-4-5-14(13(17)6-10)20-9-12-3-1-2-11(8-19)15(12)18/h1-6H,7,9H2. The molecule has 0 bridgehead atoms. The molecule has 0 aliphatic rings. The molecule has 0 radical (unpaired) electrons. The topological polar surface area (TPSA) is 33.0 Å². The van der Waals surface area contributed by atoms with E-state index in [9.17, 15) is 4.39 Å². The van der Waals surface area contributed by atoms with Gasteiger partial charge in [0, 0.05) is 10.9 Å². The van der Waals surface area contributed by atoms with E-state index in [0.29, 0.717) is 11.3 Å². The quantitative estimate of drug-likeness (QED) is 0.683. The highest BCUT2D eigenvalue weighted by molar-refractivity contribution is 9.10. The number of halogens is 3. The molecule has 0 amide bonds. The van der Waals surface area contributed by atoms with Gasteiger partial charge in [-0.3, -0.25) is 0 Å². The van der Waals surface area contributed by atoms with Crippen molar-refractivity contribution < 1.29 is 9.13 Å². The van der Waals surface area contributed by atoms with Gasteiger partial charge in [0.05, 0.1) is 10.0 Å². The average Bonchev–Trinajstić information content (AvgIpc) is 2.47. The van der Waals surface area contributed by atoms with Crippen molar-refractivity contribution >= 4 is 31.9 Å². The maximum atomic E-state index is 13.9. The largest absolute Gasteiger partial charge is 0.488 e. The minimum absolute atomic E-state index is 0.0276. The average molecular weight is 399 g/mol. The molecule has 0 heterocycles. The second-order valence-corrected chi connectivity index (χ2v) is 5.49. The number of ether oxygens (including phenoxy) is 1. The third-order valence-corrected chi connectivity index (χ3v) is 4.00. The molecule has 0 aliphatic carbocycles. The Morgan fingerprint density at radius 2 is 2.05 bits per heavy atom. The van der Waals surface area contributed by atoms with E-state index >= 15 is 0 Å². The predicted octanol–water partition coefficient (Wildman–Crippen LogP) is 4.93. The van der Waals surface area contributed by atoms with Crippen molar-refractivity contribution in [3.8, 4) is 11.8 Å². The third-order valence-electron chi connectivity index (χ3n) is 2.73. The summed E-state index contributed by atoms with van der Waals surface area (Å²) >= 11 is 6.79. The first-order chi connectivity index (χ1) is 9.65. The van der Waals surface area contributed by atoms with Crippen LogP contribution < -0.4 is 4.74 Å². The summed E-state index contributed by atoms with van der Waals surface area (Å²) in [5, 5.41) is 9.54. The highest BCUT2D eigenvalue weighted by Gasteiger charge is 2.09. The summed E-state index contributed by atoms with van der Waals surface area (Å²) in [5.74, 6) is 0.111. The number of hydrogen-bond acceptors (Lipinski definition) is 2. The van der Waals surface area contributed by atoms with Gasteiger partial charge in [-0.25, -0.2) is 4.39 Å². The van der Waals surface area contributed by atoms with Crippen LogP contribution >= 0.6 is 31.9 Å². The third kappa shape index (κ3) is 3.38. The first-order valence-corrected chi connectivity index (χ1v) is 7.72. The van der Waals surface area contributed by atoms with Gasteiger partial charge in [0.25, 0.3) is 0 Å². The van der Waals surface area contributed by atoms with Gasteiger partial charge in [0.1, 0.15) is 24.2 Å². The second-order valence-electron chi connectivity index (χ2n) is 4.08. The van der Waals surface area contributed by atoms with Crippen LogP contribution in [0, 0.1) is 17.1 Å². The van der Waals surface area contributed by atoms with Crippen LogP contribution in [0.4, 0.5) is 4.39 Å². The summed E-state index contributed by atoms with van der Waals surface area (Å²) in [7, 11) is 0. The number of alkyl halides is 1. The lowest BCUT2D eigenvalue weighted by molar-refractivity contribution is 0.298. The Morgan fingerprint density at radius 3 is 2.70 bits per heavy atom. The van der Waals surface area contributed by atoms with Crippen LogP contribution in [-0.4, -0.2) is 0 Å². The molecular formula is C15H10Br2FNO. The fourth-order valence-corrected chi connectivity index (χ4v) is 2.57. The van der Waals surface area contributed by atoms with E-state index in [0.717, 1.165) is 15.4 Å². The van der Waals surface area contributed by atoms with E-state index in [1.165, 1.54) is 6.07 Å². The molecule has 0 unspecified atom stereocenters. The fourth-order valence-electron chi connectivity index (χ4n) is 1.68. The van der Waals surface area contributed by atoms with Gasteiger partial charge in [-0.1, -0.05) is 34.1 Å². The number of hydrogen-bond donors (Lipinski definition) is 0. The summed E-state index contributed by atoms with van der Waals surface area (Å²) in [4.78, 5) is 0. The lowest BCUT2D eigenvalue weighted by Crippen LogP contribution is -2.00. The molecule has 0 aromatic heterocycles. The maximum absolute atomic E-state index is 13.9. The van der Waals surface area contributed by atoms with Gasteiger partial charge < -0.3 is 4.74 Å². The molecule has 0 aliphatic heterocycles. The molecule has 0 fully saturated rings. The van der Waals surface area contributed by atoms with E-state index in [-0.39, 0.29) is 12.2 Å². The van der Waals surface area contributed by atoms with Crippen molar-refractivity contribution in [2.45, 2.75) is 11.9 Å². The van der Waals surface area contributed by atoms with Gasteiger partial charge in [0.2, 0.25) is 0 Å². The Morgan fingerprint density at radius 1 is 1.25 bits per heavy atom. The lowest BCUT2D eigenvalue weighted by Gasteiger charge is -2.10. The van der Waals surface area contributed by atoms with Crippen LogP contribution in [0.15, 0.2) is 40.9 Å². The normalized spacial score (nSPS) is 10.1. The first kappa shape index (κ1) is 15.0. The Balaban J connectivity index is 2.15. The molecule has 2 nitrogen and oxygen atoms in total. The number of nitriles is 1. The van der Waals surface area contributed by atoms with E-state index < -0.39 is 5.82 Å². The molecule has 20 heavy (non-hydrogen) atoms. The first-order valence-electron chi connectivity index (χ1n) is 5.80. The molecule has 0 atom stereocenters. The summed E-state index contributed by atoms with van der Waals surface area (Å²) in [6, 6.07) is 12.2. The fraction of sp³-hybridized carbons (Fsp3) is 0.133. The Kier molecular flexibility index (Phi) is 5.16. The minimum atomic E-state index is -0.525. The molecule has 102 valence electrons. The van der Waals surface area contributed by atoms with Gasteiger partial charge in [-0.05, 0) is 39.7 Å². The molecule has 0 N–H and O–H groups in total. The number of nitrogens with zero attached hydrogens (tertiary/aromatic N) is 1. The number of rotatable bonds is 4. The van der Waals surface area contributed by atoms with Crippen molar-refractivity contribution in [2.24, 2.45) is 0 Å². The molecule has 2 aromatic rings. The van der Waals surface area contributed by atoms with Crippen molar-refractivity contribution in [2.75, 3.05) is 0 Å². The number of benzene rings is 2. The van der Waals surface area contributed by atoms with Crippen molar-refractivity contribution in [3.63, 3.8) is 0 Å². The zero-order valence-electron chi connectivity index (χ0n) is 10.4. The van der Waals surface area contributed by atoms with E-state index in [2.05, 4.69) is 31.9 Å². The van der Waals surface area contributed by atoms with Crippen LogP contribution in [0.25, 0.3) is 0 Å². The Bertz CT molecular complexity index is 667. The summed E-state index contributed by atoms with van der Waals surface area (Å²) in [6.45, 7) is 0.0770. The maximum Gasteiger partial charge on any atom is 0.147 e. The van der Waals surface area contributed by atoms with Crippen LogP contribution in [0.1, 0.15) is 16.7 Å². The van der Waals surface area contributed by atoms with E-state index in [4.69, 9.17) is 10.00 Å². The van der Waals surface area contributed by atoms with Crippen LogP contribution in [0.5, 0.6) is 5.75 Å². The van der Waals surface area contributed by atoms with E-state index in [1.54, 1.807) is 12.1 Å². The zero-order valence-corrected chi connectivity index (χ0v) is 13.5.